The smallest absolute Gasteiger partial charge is 0.227 e. The first kappa shape index (κ1) is 17.6. The van der Waals surface area contributed by atoms with E-state index in [9.17, 15) is 0 Å². The molecular formula is C18H23ClN4O2. The van der Waals surface area contributed by atoms with E-state index in [0.717, 1.165) is 24.7 Å². The summed E-state index contributed by atoms with van der Waals surface area (Å²) >= 11 is 6.16. The molecule has 1 aromatic carbocycles. The van der Waals surface area contributed by atoms with Crippen LogP contribution in [-0.4, -0.2) is 37.3 Å². The highest BCUT2D eigenvalue weighted by molar-refractivity contribution is 6.32. The van der Waals surface area contributed by atoms with Crippen molar-refractivity contribution in [3.63, 3.8) is 0 Å². The number of rotatable bonds is 5. The van der Waals surface area contributed by atoms with Gasteiger partial charge in [-0.25, -0.2) is 4.98 Å². The van der Waals surface area contributed by atoms with E-state index in [4.69, 9.17) is 21.1 Å². The molecular weight excluding hydrogens is 340 g/mol. The van der Waals surface area contributed by atoms with Crippen LogP contribution >= 0.6 is 11.6 Å². The number of nitrogens with zero attached hydrogens (tertiary/aromatic N) is 3. The summed E-state index contributed by atoms with van der Waals surface area (Å²) in [5.74, 6) is 2.66. The van der Waals surface area contributed by atoms with Gasteiger partial charge in [-0.05, 0) is 18.9 Å². The molecule has 0 atom stereocenters. The van der Waals surface area contributed by atoms with E-state index in [2.05, 4.69) is 20.2 Å². The predicted molar refractivity (Wildman–Crippen MR) is 101 cm³/mol. The number of aromatic nitrogens is 2. The normalized spacial score (nSPS) is 14.8. The molecule has 0 spiro atoms. The van der Waals surface area contributed by atoms with Gasteiger partial charge < -0.3 is 19.7 Å². The van der Waals surface area contributed by atoms with Crippen molar-refractivity contribution in [3.8, 4) is 11.5 Å². The van der Waals surface area contributed by atoms with E-state index < -0.39 is 0 Å². The van der Waals surface area contributed by atoms with Crippen LogP contribution in [0.25, 0.3) is 0 Å². The van der Waals surface area contributed by atoms with E-state index in [0.29, 0.717) is 22.3 Å². The molecule has 1 aliphatic heterocycles. The Morgan fingerprint density at radius 1 is 1.04 bits per heavy atom. The molecule has 7 heteroatoms. The molecule has 0 saturated carbocycles. The predicted octanol–water partition coefficient (Wildman–Crippen LogP) is 4.27. The fourth-order valence-corrected chi connectivity index (χ4v) is 3.17. The number of ether oxygens (including phenoxy) is 2. The van der Waals surface area contributed by atoms with Crippen LogP contribution < -0.4 is 19.7 Å². The molecule has 134 valence electrons. The average molecular weight is 363 g/mol. The number of hydrogen-bond acceptors (Lipinski definition) is 6. The van der Waals surface area contributed by atoms with Crippen LogP contribution in [0.15, 0.2) is 24.4 Å². The molecule has 1 aliphatic rings. The zero-order chi connectivity index (χ0) is 17.6. The maximum atomic E-state index is 6.16. The maximum Gasteiger partial charge on any atom is 0.227 e. The van der Waals surface area contributed by atoms with Crippen LogP contribution in [0.1, 0.15) is 25.7 Å². The van der Waals surface area contributed by atoms with E-state index in [1.54, 1.807) is 32.5 Å². The highest BCUT2D eigenvalue weighted by Gasteiger charge is 2.14. The van der Waals surface area contributed by atoms with Gasteiger partial charge in [-0.15, -0.1) is 0 Å². The van der Waals surface area contributed by atoms with Crippen molar-refractivity contribution in [3.05, 3.63) is 29.4 Å². The van der Waals surface area contributed by atoms with Crippen molar-refractivity contribution >= 4 is 29.1 Å². The molecule has 6 nitrogen and oxygen atoms in total. The van der Waals surface area contributed by atoms with Crippen molar-refractivity contribution in [2.45, 2.75) is 25.7 Å². The Morgan fingerprint density at radius 3 is 2.44 bits per heavy atom. The summed E-state index contributed by atoms with van der Waals surface area (Å²) in [5, 5.41) is 3.78. The van der Waals surface area contributed by atoms with Gasteiger partial charge in [-0.2, -0.15) is 4.98 Å². The van der Waals surface area contributed by atoms with E-state index >= 15 is 0 Å². The van der Waals surface area contributed by atoms with Crippen molar-refractivity contribution in [1.82, 2.24) is 9.97 Å². The molecule has 25 heavy (non-hydrogen) atoms. The lowest BCUT2D eigenvalue weighted by molar-refractivity contribution is 0.405. The summed E-state index contributed by atoms with van der Waals surface area (Å²) in [6.07, 6.45) is 6.69. The van der Waals surface area contributed by atoms with Crippen molar-refractivity contribution in [1.29, 1.82) is 0 Å². The third-order valence-electron chi connectivity index (χ3n) is 4.27. The molecule has 0 amide bonds. The molecule has 1 N–H and O–H groups in total. The fraction of sp³-hybridized carbons (Fsp3) is 0.444. The SMILES string of the molecule is COc1cc(Nc2ccnc(N3CCCCCC3)n2)c(OC)cc1Cl. The van der Waals surface area contributed by atoms with Crippen LogP contribution in [0.4, 0.5) is 17.5 Å². The van der Waals surface area contributed by atoms with Crippen LogP contribution in [0.3, 0.4) is 0 Å². The van der Waals surface area contributed by atoms with Crippen molar-refractivity contribution in [2.75, 3.05) is 37.5 Å². The summed E-state index contributed by atoms with van der Waals surface area (Å²) < 4.78 is 10.7. The van der Waals surface area contributed by atoms with Gasteiger partial charge in [0, 0.05) is 31.4 Å². The Kier molecular flexibility index (Phi) is 5.81. The quantitative estimate of drug-likeness (QED) is 0.857. The molecule has 3 rings (SSSR count). The number of halogens is 1. The van der Waals surface area contributed by atoms with Crippen LogP contribution in [-0.2, 0) is 0 Å². The van der Waals surface area contributed by atoms with Gasteiger partial charge in [0.15, 0.2) is 0 Å². The summed E-state index contributed by atoms with van der Waals surface area (Å²) in [6, 6.07) is 5.36. The number of benzene rings is 1. The monoisotopic (exact) mass is 362 g/mol. The average Bonchev–Trinajstić information content (AvgIpc) is 2.92. The third-order valence-corrected chi connectivity index (χ3v) is 4.56. The molecule has 2 heterocycles. The largest absolute Gasteiger partial charge is 0.495 e. The van der Waals surface area contributed by atoms with E-state index in [1.807, 2.05) is 6.07 Å². The van der Waals surface area contributed by atoms with Crippen molar-refractivity contribution < 1.29 is 9.47 Å². The summed E-state index contributed by atoms with van der Waals surface area (Å²) in [4.78, 5) is 11.3. The lowest BCUT2D eigenvalue weighted by Gasteiger charge is -2.20. The van der Waals surface area contributed by atoms with Crippen LogP contribution in [0, 0.1) is 0 Å². The highest BCUT2D eigenvalue weighted by Crippen LogP contribution is 2.37. The molecule has 0 aliphatic carbocycles. The second-order valence-electron chi connectivity index (χ2n) is 5.96. The maximum absolute atomic E-state index is 6.16. The lowest BCUT2D eigenvalue weighted by atomic mass is 10.2. The zero-order valence-corrected chi connectivity index (χ0v) is 15.3. The van der Waals surface area contributed by atoms with Gasteiger partial charge in [0.25, 0.3) is 0 Å². The van der Waals surface area contributed by atoms with Crippen LogP contribution in [0.5, 0.6) is 11.5 Å². The Balaban J connectivity index is 1.84. The van der Waals surface area contributed by atoms with Crippen molar-refractivity contribution in [2.24, 2.45) is 0 Å². The number of methoxy groups -OCH3 is 2. The third kappa shape index (κ3) is 4.25. The number of hydrogen-bond donors (Lipinski definition) is 1. The topological polar surface area (TPSA) is 59.5 Å². The highest BCUT2D eigenvalue weighted by atomic mass is 35.5. The van der Waals surface area contributed by atoms with Gasteiger partial charge in [-0.3, -0.25) is 0 Å². The molecule has 2 aromatic rings. The van der Waals surface area contributed by atoms with Gasteiger partial charge in [0.1, 0.15) is 17.3 Å². The number of anilines is 3. The fourth-order valence-electron chi connectivity index (χ4n) is 2.94. The first-order valence-electron chi connectivity index (χ1n) is 8.48. The first-order valence-corrected chi connectivity index (χ1v) is 8.85. The van der Waals surface area contributed by atoms with Gasteiger partial charge >= 0.3 is 0 Å². The second kappa shape index (κ2) is 8.25. The first-order chi connectivity index (χ1) is 12.2. The Labute approximate surface area is 153 Å². The summed E-state index contributed by atoms with van der Waals surface area (Å²) in [6.45, 7) is 2.00. The van der Waals surface area contributed by atoms with Crippen LogP contribution in [0.2, 0.25) is 5.02 Å². The van der Waals surface area contributed by atoms with Gasteiger partial charge in [-0.1, -0.05) is 24.4 Å². The van der Waals surface area contributed by atoms with Gasteiger partial charge in [0.2, 0.25) is 5.95 Å². The summed E-state index contributed by atoms with van der Waals surface area (Å²) in [7, 11) is 3.19. The van der Waals surface area contributed by atoms with E-state index in [1.165, 1.54) is 25.7 Å². The lowest BCUT2D eigenvalue weighted by Crippen LogP contribution is -2.26. The standard InChI is InChI=1S/C18H23ClN4O2/c1-24-15-12-14(16(25-2)11-13(15)19)21-17-7-8-20-18(22-17)23-9-5-3-4-6-10-23/h7-8,11-12H,3-6,9-10H2,1-2H3,(H,20,21,22). The zero-order valence-electron chi connectivity index (χ0n) is 14.6. The molecule has 0 unspecified atom stereocenters. The number of nitrogens with one attached hydrogen (secondary N) is 1. The molecule has 0 bridgehead atoms. The van der Waals surface area contributed by atoms with Gasteiger partial charge in [0.05, 0.1) is 24.9 Å². The molecule has 1 aromatic heterocycles. The minimum absolute atomic E-state index is 0.498. The minimum atomic E-state index is 0.498. The van der Waals surface area contributed by atoms with E-state index in [-0.39, 0.29) is 0 Å². The minimum Gasteiger partial charge on any atom is -0.495 e. The summed E-state index contributed by atoms with van der Waals surface area (Å²) in [5.41, 5.74) is 0.740. The Morgan fingerprint density at radius 2 is 1.76 bits per heavy atom. The Bertz CT molecular complexity index is 718. The molecule has 1 saturated heterocycles. The second-order valence-corrected chi connectivity index (χ2v) is 6.36. The molecule has 0 radical (unpaired) electrons. The Hall–Kier alpha value is -2.21. The molecule has 1 fully saturated rings.